The van der Waals surface area contributed by atoms with Crippen molar-refractivity contribution >= 4 is 0 Å². The third-order valence-electron chi connectivity index (χ3n) is 5.00. The van der Waals surface area contributed by atoms with Crippen LogP contribution in [0, 0.1) is 20.8 Å². The van der Waals surface area contributed by atoms with Crippen molar-refractivity contribution in [3.8, 4) is 22.3 Å². The lowest BCUT2D eigenvalue weighted by Gasteiger charge is -2.16. The standard InChI is InChI=1S/C22H22N2/c1-5-20-22-19-9-7-14(3)11-17(19)12-16-10-13(2)6-8-18(16)21(22)15(4)23-24-20/h6-11H,5,12H2,1-4H3. The lowest BCUT2D eigenvalue weighted by Crippen LogP contribution is -2.02. The van der Waals surface area contributed by atoms with E-state index in [2.05, 4.69) is 74.3 Å². The molecule has 24 heavy (non-hydrogen) atoms. The van der Waals surface area contributed by atoms with Gasteiger partial charge in [-0.1, -0.05) is 54.4 Å². The van der Waals surface area contributed by atoms with Gasteiger partial charge in [-0.25, -0.2) is 0 Å². The summed E-state index contributed by atoms with van der Waals surface area (Å²) in [7, 11) is 0. The van der Waals surface area contributed by atoms with Crippen LogP contribution in [0.25, 0.3) is 22.3 Å². The van der Waals surface area contributed by atoms with E-state index in [-0.39, 0.29) is 0 Å². The molecule has 3 aromatic rings. The molecule has 0 bridgehead atoms. The van der Waals surface area contributed by atoms with Crippen LogP contribution in [0.15, 0.2) is 36.4 Å². The van der Waals surface area contributed by atoms with E-state index < -0.39 is 0 Å². The summed E-state index contributed by atoms with van der Waals surface area (Å²) in [6.45, 7) is 8.57. The van der Waals surface area contributed by atoms with Crippen molar-refractivity contribution in [3.05, 3.63) is 70.0 Å². The van der Waals surface area contributed by atoms with Crippen LogP contribution in [0.2, 0.25) is 0 Å². The summed E-state index contributed by atoms with van der Waals surface area (Å²) in [6, 6.07) is 13.6. The summed E-state index contributed by atoms with van der Waals surface area (Å²) in [5, 5.41) is 8.98. The summed E-state index contributed by atoms with van der Waals surface area (Å²) in [5.74, 6) is 0. The lowest BCUT2D eigenvalue weighted by atomic mass is 9.91. The zero-order valence-corrected chi connectivity index (χ0v) is 14.8. The minimum absolute atomic E-state index is 0.893. The van der Waals surface area contributed by atoms with Crippen molar-refractivity contribution in [2.45, 2.75) is 40.5 Å². The van der Waals surface area contributed by atoms with E-state index >= 15 is 0 Å². The summed E-state index contributed by atoms with van der Waals surface area (Å²) >= 11 is 0. The fraction of sp³-hybridized carbons (Fsp3) is 0.273. The lowest BCUT2D eigenvalue weighted by molar-refractivity contribution is 0.899. The Balaban J connectivity index is 2.17. The van der Waals surface area contributed by atoms with Crippen LogP contribution in [0.3, 0.4) is 0 Å². The van der Waals surface area contributed by atoms with E-state index in [1.165, 1.54) is 44.5 Å². The molecule has 2 heteroatoms. The highest BCUT2D eigenvalue weighted by atomic mass is 15.1. The maximum Gasteiger partial charge on any atom is 0.0713 e. The number of fused-ring (bicyclic) bond motifs is 5. The molecule has 1 aliphatic carbocycles. The Morgan fingerprint density at radius 3 is 1.96 bits per heavy atom. The van der Waals surface area contributed by atoms with Crippen molar-refractivity contribution in [2.75, 3.05) is 0 Å². The molecule has 2 nitrogen and oxygen atoms in total. The Hall–Kier alpha value is -2.48. The molecule has 1 aliphatic rings. The fourth-order valence-corrected chi connectivity index (χ4v) is 3.86. The van der Waals surface area contributed by atoms with Gasteiger partial charge < -0.3 is 0 Å². The van der Waals surface area contributed by atoms with E-state index in [4.69, 9.17) is 0 Å². The normalized spacial score (nSPS) is 12.2. The van der Waals surface area contributed by atoms with Crippen molar-refractivity contribution in [1.29, 1.82) is 0 Å². The van der Waals surface area contributed by atoms with E-state index in [0.717, 1.165) is 24.2 Å². The molecular formula is C22H22N2. The van der Waals surface area contributed by atoms with Gasteiger partial charge in [0.15, 0.2) is 0 Å². The van der Waals surface area contributed by atoms with Gasteiger partial charge in [0.2, 0.25) is 0 Å². The molecule has 1 aromatic heterocycles. The first-order valence-corrected chi connectivity index (χ1v) is 8.64. The molecule has 4 rings (SSSR count). The van der Waals surface area contributed by atoms with Gasteiger partial charge >= 0.3 is 0 Å². The molecule has 0 unspecified atom stereocenters. The highest BCUT2D eigenvalue weighted by Gasteiger charge is 2.24. The predicted octanol–water partition coefficient (Wildman–Crippen LogP) is 5.20. The zero-order chi connectivity index (χ0) is 16.8. The Morgan fingerprint density at radius 2 is 1.38 bits per heavy atom. The molecule has 0 saturated heterocycles. The van der Waals surface area contributed by atoms with Crippen LogP contribution in [0.1, 0.15) is 40.6 Å². The molecule has 0 spiro atoms. The van der Waals surface area contributed by atoms with E-state index in [9.17, 15) is 0 Å². The molecule has 2 aromatic carbocycles. The summed E-state index contributed by atoms with van der Waals surface area (Å²) < 4.78 is 0. The van der Waals surface area contributed by atoms with Crippen LogP contribution >= 0.6 is 0 Å². The molecule has 0 aliphatic heterocycles. The van der Waals surface area contributed by atoms with Gasteiger partial charge in [-0.3, -0.25) is 0 Å². The molecule has 0 atom stereocenters. The average Bonchev–Trinajstić information content (AvgIpc) is 2.69. The van der Waals surface area contributed by atoms with Crippen LogP contribution < -0.4 is 0 Å². The van der Waals surface area contributed by atoms with E-state index in [1.807, 2.05) is 0 Å². The number of aromatic nitrogens is 2. The molecule has 0 amide bonds. The molecule has 120 valence electrons. The largest absolute Gasteiger partial charge is 0.155 e. The van der Waals surface area contributed by atoms with Crippen molar-refractivity contribution in [1.82, 2.24) is 10.2 Å². The second-order valence-electron chi connectivity index (χ2n) is 6.83. The van der Waals surface area contributed by atoms with Gasteiger partial charge in [0, 0.05) is 11.1 Å². The Labute approximate surface area is 143 Å². The predicted molar refractivity (Wildman–Crippen MR) is 99.3 cm³/mol. The SMILES string of the molecule is CCc1nnc(C)c2c1-c1ccc(C)cc1Cc1cc(C)ccc1-2. The third-order valence-corrected chi connectivity index (χ3v) is 5.00. The minimum Gasteiger partial charge on any atom is -0.155 e. The second-order valence-corrected chi connectivity index (χ2v) is 6.83. The van der Waals surface area contributed by atoms with Crippen LogP contribution in [0.4, 0.5) is 0 Å². The topological polar surface area (TPSA) is 25.8 Å². The van der Waals surface area contributed by atoms with Gasteiger partial charge in [-0.05, 0) is 55.9 Å². The Morgan fingerprint density at radius 1 is 0.792 bits per heavy atom. The van der Waals surface area contributed by atoms with E-state index in [1.54, 1.807) is 0 Å². The molecule has 0 N–H and O–H groups in total. The zero-order valence-electron chi connectivity index (χ0n) is 14.8. The van der Waals surface area contributed by atoms with Gasteiger partial charge in [0.25, 0.3) is 0 Å². The summed E-state index contributed by atoms with van der Waals surface area (Å²) in [5.41, 5.74) is 12.7. The first-order valence-electron chi connectivity index (χ1n) is 8.64. The first-order chi connectivity index (χ1) is 11.6. The van der Waals surface area contributed by atoms with Gasteiger partial charge in [0.1, 0.15) is 0 Å². The number of rotatable bonds is 1. The summed E-state index contributed by atoms with van der Waals surface area (Å²) in [6.07, 6.45) is 1.86. The smallest absolute Gasteiger partial charge is 0.0713 e. The van der Waals surface area contributed by atoms with Crippen molar-refractivity contribution in [3.63, 3.8) is 0 Å². The first kappa shape index (κ1) is 15.1. The molecule has 0 fully saturated rings. The van der Waals surface area contributed by atoms with Gasteiger partial charge in [-0.15, -0.1) is 0 Å². The Kier molecular flexibility index (Phi) is 3.49. The number of aryl methyl sites for hydroxylation is 4. The fourth-order valence-electron chi connectivity index (χ4n) is 3.86. The van der Waals surface area contributed by atoms with Gasteiger partial charge in [0.05, 0.1) is 11.4 Å². The van der Waals surface area contributed by atoms with Crippen molar-refractivity contribution < 1.29 is 0 Å². The molecular weight excluding hydrogens is 292 g/mol. The second kappa shape index (κ2) is 5.55. The third kappa shape index (κ3) is 2.25. The molecule has 0 saturated carbocycles. The Bertz CT molecular complexity index is 954. The monoisotopic (exact) mass is 314 g/mol. The maximum absolute atomic E-state index is 4.51. The van der Waals surface area contributed by atoms with Crippen LogP contribution in [-0.4, -0.2) is 10.2 Å². The van der Waals surface area contributed by atoms with E-state index in [0.29, 0.717) is 0 Å². The van der Waals surface area contributed by atoms with Crippen LogP contribution in [0.5, 0.6) is 0 Å². The van der Waals surface area contributed by atoms with Crippen molar-refractivity contribution in [2.24, 2.45) is 0 Å². The number of hydrogen-bond donors (Lipinski definition) is 0. The molecule has 1 heterocycles. The minimum atomic E-state index is 0.893. The highest BCUT2D eigenvalue weighted by Crippen LogP contribution is 2.43. The highest BCUT2D eigenvalue weighted by molar-refractivity contribution is 5.91. The number of hydrogen-bond acceptors (Lipinski definition) is 2. The maximum atomic E-state index is 4.51. The van der Waals surface area contributed by atoms with Gasteiger partial charge in [-0.2, -0.15) is 10.2 Å². The molecule has 0 radical (unpaired) electrons. The van der Waals surface area contributed by atoms with Crippen LogP contribution in [-0.2, 0) is 12.8 Å². The quantitative estimate of drug-likeness (QED) is 0.482. The number of benzene rings is 2. The number of nitrogens with zero attached hydrogens (tertiary/aromatic N) is 2. The average molecular weight is 314 g/mol. The summed E-state index contributed by atoms with van der Waals surface area (Å²) in [4.78, 5) is 0.